The lowest BCUT2D eigenvalue weighted by atomic mass is 10.1. The van der Waals surface area contributed by atoms with E-state index in [0.717, 1.165) is 30.6 Å². The first-order chi connectivity index (χ1) is 13.1. The second-order valence-corrected chi connectivity index (χ2v) is 6.83. The summed E-state index contributed by atoms with van der Waals surface area (Å²) in [5, 5.41) is 0. The van der Waals surface area contributed by atoms with Gasteiger partial charge < -0.3 is 19.1 Å². The largest absolute Gasteiger partial charge is 0.493 e. The molecule has 0 N–H and O–H groups in total. The number of likely N-dealkylation sites (N-methyl/N-ethyl adjacent to an activating group) is 1. The van der Waals surface area contributed by atoms with Crippen LogP contribution in [0.4, 0.5) is 0 Å². The fourth-order valence-corrected chi connectivity index (χ4v) is 3.35. The Labute approximate surface area is 160 Å². The SMILES string of the molecule is COc1ccc(CCN(C)C(=O)COc2ccc3c(c2)CCC3)cc1OC. The summed E-state index contributed by atoms with van der Waals surface area (Å²) in [5.74, 6) is 2.14. The number of hydrogen-bond donors (Lipinski definition) is 0. The minimum Gasteiger partial charge on any atom is -0.493 e. The first-order valence-electron chi connectivity index (χ1n) is 9.30. The molecule has 0 radical (unpaired) electrons. The van der Waals surface area contributed by atoms with Crippen LogP contribution in [-0.2, 0) is 24.1 Å². The zero-order valence-electron chi connectivity index (χ0n) is 16.3. The minimum absolute atomic E-state index is 0.0315. The topological polar surface area (TPSA) is 48.0 Å². The minimum atomic E-state index is -0.0315. The average molecular weight is 369 g/mol. The van der Waals surface area contributed by atoms with Crippen LogP contribution in [0.25, 0.3) is 0 Å². The van der Waals surface area contributed by atoms with Crippen LogP contribution in [0.15, 0.2) is 36.4 Å². The molecule has 0 heterocycles. The van der Waals surface area contributed by atoms with E-state index in [4.69, 9.17) is 14.2 Å². The lowest BCUT2D eigenvalue weighted by Crippen LogP contribution is -2.33. The van der Waals surface area contributed by atoms with Gasteiger partial charge in [0.2, 0.25) is 0 Å². The van der Waals surface area contributed by atoms with Crippen molar-refractivity contribution in [3.8, 4) is 17.2 Å². The van der Waals surface area contributed by atoms with Crippen molar-refractivity contribution in [2.45, 2.75) is 25.7 Å². The first kappa shape index (κ1) is 19.1. The number of benzene rings is 2. The van der Waals surface area contributed by atoms with Gasteiger partial charge in [-0.1, -0.05) is 12.1 Å². The number of amides is 1. The predicted molar refractivity (Wildman–Crippen MR) is 105 cm³/mol. The fraction of sp³-hybridized carbons (Fsp3) is 0.409. The summed E-state index contributed by atoms with van der Waals surface area (Å²) < 4.78 is 16.3. The normalized spacial score (nSPS) is 12.4. The number of carbonyl (C=O) groups excluding carboxylic acids is 1. The molecule has 0 bridgehead atoms. The number of ether oxygens (including phenoxy) is 3. The summed E-state index contributed by atoms with van der Waals surface area (Å²) in [7, 11) is 5.04. The predicted octanol–water partition coefficient (Wildman–Crippen LogP) is 3.27. The molecular weight excluding hydrogens is 342 g/mol. The maximum Gasteiger partial charge on any atom is 0.260 e. The van der Waals surface area contributed by atoms with Crippen LogP contribution in [0.3, 0.4) is 0 Å². The van der Waals surface area contributed by atoms with Gasteiger partial charge in [0.1, 0.15) is 5.75 Å². The van der Waals surface area contributed by atoms with Crippen LogP contribution in [0.5, 0.6) is 17.2 Å². The fourth-order valence-electron chi connectivity index (χ4n) is 3.35. The molecule has 0 saturated carbocycles. The van der Waals surface area contributed by atoms with Gasteiger partial charge in [-0.05, 0) is 66.6 Å². The molecule has 27 heavy (non-hydrogen) atoms. The summed E-state index contributed by atoms with van der Waals surface area (Å²) in [5.41, 5.74) is 3.84. The Hall–Kier alpha value is -2.69. The molecule has 0 spiro atoms. The van der Waals surface area contributed by atoms with Crippen molar-refractivity contribution < 1.29 is 19.0 Å². The monoisotopic (exact) mass is 369 g/mol. The number of carbonyl (C=O) groups is 1. The van der Waals surface area contributed by atoms with Crippen molar-refractivity contribution in [2.24, 2.45) is 0 Å². The van der Waals surface area contributed by atoms with E-state index in [2.05, 4.69) is 12.1 Å². The van der Waals surface area contributed by atoms with Crippen LogP contribution in [0.2, 0.25) is 0 Å². The molecule has 2 aromatic rings. The highest BCUT2D eigenvalue weighted by Crippen LogP contribution is 2.28. The standard InChI is InChI=1S/C22H27NO4/c1-23(12-11-16-7-10-20(25-2)21(13-16)26-3)22(24)15-27-19-9-8-17-5-4-6-18(17)14-19/h7-10,13-14H,4-6,11-12,15H2,1-3H3. The summed E-state index contributed by atoms with van der Waals surface area (Å²) in [4.78, 5) is 14.0. The Bertz CT molecular complexity index is 803. The van der Waals surface area contributed by atoms with Crippen molar-refractivity contribution in [3.05, 3.63) is 53.1 Å². The number of rotatable bonds is 8. The van der Waals surface area contributed by atoms with Gasteiger partial charge >= 0.3 is 0 Å². The molecule has 0 saturated heterocycles. The molecule has 0 aromatic heterocycles. The summed E-state index contributed by atoms with van der Waals surface area (Å²) in [6.07, 6.45) is 4.19. The highest BCUT2D eigenvalue weighted by Gasteiger charge is 2.14. The Balaban J connectivity index is 1.49. The van der Waals surface area contributed by atoms with Crippen LogP contribution in [0, 0.1) is 0 Å². The lowest BCUT2D eigenvalue weighted by molar-refractivity contribution is -0.132. The van der Waals surface area contributed by atoms with Crippen molar-refractivity contribution in [2.75, 3.05) is 34.4 Å². The maximum atomic E-state index is 12.4. The van der Waals surface area contributed by atoms with Crippen LogP contribution in [-0.4, -0.2) is 45.2 Å². The third-order valence-corrected chi connectivity index (χ3v) is 5.04. The van der Waals surface area contributed by atoms with Gasteiger partial charge in [0, 0.05) is 13.6 Å². The Kier molecular flexibility index (Phi) is 6.22. The third kappa shape index (κ3) is 4.73. The number of methoxy groups -OCH3 is 2. The number of nitrogens with zero attached hydrogens (tertiary/aromatic N) is 1. The van der Waals surface area contributed by atoms with Crippen LogP contribution < -0.4 is 14.2 Å². The van der Waals surface area contributed by atoms with Crippen LogP contribution >= 0.6 is 0 Å². The summed E-state index contributed by atoms with van der Waals surface area (Å²) in [6.45, 7) is 0.670. The van der Waals surface area contributed by atoms with Crippen molar-refractivity contribution in [1.82, 2.24) is 4.90 Å². The van der Waals surface area contributed by atoms with E-state index in [-0.39, 0.29) is 12.5 Å². The molecule has 5 heteroatoms. The van der Waals surface area contributed by atoms with Gasteiger partial charge in [-0.3, -0.25) is 4.79 Å². The van der Waals surface area contributed by atoms with E-state index in [1.54, 1.807) is 26.2 Å². The van der Waals surface area contributed by atoms with Crippen molar-refractivity contribution in [3.63, 3.8) is 0 Å². The molecule has 0 aliphatic heterocycles. The summed E-state index contributed by atoms with van der Waals surface area (Å²) in [6, 6.07) is 12.0. The van der Waals surface area contributed by atoms with Crippen molar-refractivity contribution in [1.29, 1.82) is 0 Å². The second-order valence-electron chi connectivity index (χ2n) is 6.83. The maximum absolute atomic E-state index is 12.4. The zero-order valence-corrected chi connectivity index (χ0v) is 16.3. The highest BCUT2D eigenvalue weighted by molar-refractivity contribution is 5.77. The Morgan fingerprint density at radius 2 is 1.78 bits per heavy atom. The second kappa shape index (κ2) is 8.80. The van der Waals surface area contributed by atoms with Gasteiger partial charge in [-0.2, -0.15) is 0 Å². The molecule has 1 aliphatic rings. The van der Waals surface area contributed by atoms with E-state index in [0.29, 0.717) is 18.0 Å². The molecule has 1 aliphatic carbocycles. The molecular formula is C22H27NO4. The van der Waals surface area contributed by atoms with Gasteiger partial charge in [-0.15, -0.1) is 0 Å². The summed E-state index contributed by atoms with van der Waals surface area (Å²) >= 11 is 0. The van der Waals surface area contributed by atoms with E-state index < -0.39 is 0 Å². The van der Waals surface area contributed by atoms with E-state index in [9.17, 15) is 4.79 Å². The van der Waals surface area contributed by atoms with E-state index in [1.165, 1.54) is 17.5 Å². The smallest absolute Gasteiger partial charge is 0.260 e. The lowest BCUT2D eigenvalue weighted by Gasteiger charge is -2.18. The van der Waals surface area contributed by atoms with E-state index in [1.807, 2.05) is 24.3 Å². The van der Waals surface area contributed by atoms with Crippen molar-refractivity contribution >= 4 is 5.91 Å². The molecule has 2 aromatic carbocycles. The third-order valence-electron chi connectivity index (χ3n) is 5.04. The first-order valence-corrected chi connectivity index (χ1v) is 9.30. The number of aryl methyl sites for hydroxylation is 2. The molecule has 0 fully saturated rings. The molecule has 144 valence electrons. The molecule has 5 nitrogen and oxygen atoms in total. The Morgan fingerprint density at radius 3 is 2.56 bits per heavy atom. The van der Waals surface area contributed by atoms with Gasteiger partial charge in [-0.25, -0.2) is 0 Å². The van der Waals surface area contributed by atoms with Gasteiger partial charge in [0.25, 0.3) is 5.91 Å². The van der Waals surface area contributed by atoms with Gasteiger partial charge in [0.05, 0.1) is 14.2 Å². The molecule has 0 unspecified atom stereocenters. The van der Waals surface area contributed by atoms with Crippen LogP contribution in [0.1, 0.15) is 23.1 Å². The average Bonchev–Trinajstić information content (AvgIpc) is 3.17. The quantitative estimate of drug-likeness (QED) is 0.717. The van der Waals surface area contributed by atoms with E-state index >= 15 is 0 Å². The molecule has 0 atom stereocenters. The zero-order chi connectivity index (χ0) is 19.2. The van der Waals surface area contributed by atoms with Gasteiger partial charge in [0.15, 0.2) is 18.1 Å². The molecule has 1 amide bonds. The molecule has 3 rings (SSSR count). The number of hydrogen-bond acceptors (Lipinski definition) is 4. The number of fused-ring (bicyclic) bond motifs is 1. The highest BCUT2D eigenvalue weighted by atomic mass is 16.5. The Morgan fingerprint density at radius 1 is 1.00 bits per heavy atom.